The van der Waals surface area contributed by atoms with Crippen molar-refractivity contribution in [3.63, 3.8) is 0 Å². The lowest BCUT2D eigenvalue weighted by Crippen LogP contribution is -2.17. The molecular weight excluding hydrogens is 372 g/mol. The third kappa shape index (κ3) is 4.32. The van der Waals surface area contributed by atoms with Gasteiger partial charge in [-0.3, -0.25) is 4.79 Å². The quantitative estimate of drug-likeness (QED) is 0.457. The predicted octanol–water partition coefficient (Wildman–Crippen LogP) is 4.60. The van der Waals surface area contributed by atoms with Crippen LogP contribution in [0.15, 0.2) is 35.9 Å². The molecule has 1 aromatic carbocycles. The number of rotatable bonds is 5. The standard InChI is InChI=1S/C22H22N2O3S/c1-3-27-22(26)19-17-10-9-14(2)11-18(17)28-21(19)24-20(25)16(13-23)12-15-7-5-4-6-8-15/h4-8,12,14H,3,9-11H2,1-2H3,(H,24,25). The smallest absolute Gasteiger partial charge is 0.341 e. The number of carbonyl (C=O) groups excluding carboxylic acids is 2. The Balaban J connectivity index is 1.92. The van der Waals surface area contributed by atoms with Gasteiger partial charge in [-0.25, -0.2) is 4.79 Å². The molecule has 1 aromatic heterocycles. The van der Waals surface area contributed by atoms with E-state index in [1.165, 1.54) is 17.4 Å². The van der Waals surface area contributed by atoms with E-state index in [2.05, 4.69) is 12.2 Å². The molecule has 6 heteroatoms. The summed E-state index contributed by atoms with van der Waals surface area (Å²) in [4.78, 5) is 26.4. The molecule has 2 aromatic rings. The highest BCUT2D eigenvalue weighted by Crippen LogP contribution is 2.40. The van der Waals surface area contributed by atoms with E-state index in [0.29, 0.717) is 16.5 Å². The highest BCUT2D eigenvalue weighted by Gasteiger charge is 2.29. The Hall–Kier alpha value is -2.91. The largest absolute Gasteiger partial charge is 0.462 e. The van der Waals surface area contributed by atoms with E-state index in [1.807, 2.05) is 36.4 Å². The van der Waals surface area contributed by atoms with Crippen LogP contribution in [-0.2, 0) is 22.4 Å². The minimum Gasteiger partial charge on any atom is -0.462 e. The van der Waals surface area contributed by atoms with Crippen molar-refractivity contribution in [3.8, 4) is 6.07 Å². The van der Waals surface area contributed by atoms with Crippen LogP contribution in [0.25, 0.3) is 6.08 Å². The molecule has 1 unspecified atom stereocenters. The Kier molecular flexibility index (Phi) is 6.27. The number of fused-ring (bicyclic) bond motifs is 1. The lowest BCUT2D eigenvalue weighted by molar-refractivity contribution is -0.112. The summed E-state index contributed by atoms with van der Waals surface area (Å²) in [7, 11) is 0. The number of amides is 1. The van der Waals surface area contributed by atoms with Crippen LogP contribution in [0, 0.1) is 17.2 Å². The van der Waals surface area contributed by atoms with Crippen LogP contribution in [-0.4, -0.2) is 18.5 Å². The van der Waals surface area contributed by atoms with Crippen molar-refractivity contribution in [1.82, 2.24) is 0 Å². The molecule has 0 saturated heterocycles. The summed E-state index contributed by atoms with van der Waals surface area (Å²) in [5.74, 6) is -0.406. The maximum absolute atomic E-state index is 12.7. The van der Waals surface area contributed by atoms with Crippen LogP contribution in [0.4, 0.5) is 5.00 Å². The number of ether oxygens (including phenoxy) is 1. The number of hydrogen-bond acceptors (Lipinski definition) is 5. The summed E-state index contributed by atoms with van der Waals surface area (Å²) in [6.07, 6.45) is 4.21. The van der Waals surface area contributed by atoms with Gasteiger partial charge in [0.1, 0.15) is 16.6 Å². The number of carbonyl (C=O) groups is 2. The first kappa shape index (κ1) is 19.8. The van der Waals surface area contributed by atoms with Gasteiger partial charge in [0.05, 0.1) is 12.2 Å². The van der Waals surface area contributed by atoms with Gasteiger partial charge in [-0.05, 0) is 49.3 Å². The molecule has 144 valence electrons. The molecule has 1 atom stereocenters. The molecule has 1 N–H and O–H groups in total. The van der Waals surface area contributed by atoms with Gasteiger partial charge in [-0.15, -0.1) is 11.3 Å². The van der Waals surface area contributed by atoms with Crippen molar-refractivity contribution in [2.45, 2.75) is 33.1 Å². The van der Waals surface area contributed by atoms with Crippen LogP contribution in [0.5, 0.6) is 0 Å². The molecule has 0 spiro atoms. The van der Waals surface area contributed by atoms with Crippen LogP contribution in [0.1, 0.15) is 46.6 Å². The van der Waals surface area contributed by atoms with Crippen molar-refractivity contribution < 1.29 is 14.3 Å². The molecule has 5 nitrogen and oxygen atoms in total. The Morgan fingerprint density at radius 2 is 2.11 bits per heavy atom. The Labute approximate surface area is 168 Å². The first-order valence-electron chi connectivity index (χ1n) is 9.33. The van der Waals surface area contributed by atoms with Crippen molar-refractivity contribution in [2.75, 3.05) is 11.9 Å². The summed E-state index contributed by atoms with van der Waals surface area (Å²) in [5.41, 5.74) is 2.17. The van der Waals surface area contributed by atoms with Gasteiger partial charge in [0.15, 0.2) is 0 Å². The number of hydrogen-bond donors (Lipinski definition) is 1. The van der Waals surface area contributed by atoms with E-state index >= 15 is 0 Å². The minimum atomic E-state index is -0.524. The molecule has 1 amide bonds. The second-order valence-electron chi connectivity index (χ2n) is 6.81. The molecule has 0 radical (unpaired) electrons. The second kappa shape index (κ2) is 8.85. The molecule has 1 aliphatic carbocycles. The molecule has 0 saturated carbocycles. The lowest BCUT2D eigenvalue weighted by atomic mass is 9.88. The number of anilines is 1. The van der Waals surface area contributed by atoms with Crippen LogP contribution >= 0.6 is 11.3 Å². The van der Waals surface area contributed by atoms with Gasteiger partial charge in [0.25, 0.3) is 5.91 Å². The Morgan fingerprint density at radius 1 is 1.36 bits per heavy atom. The van der Waals surface area contributed by atoms with Gasteiger partial charge >= 0.3 is 5.97 Å². The van der Waals surface area contributed by atoms with Crippen molar-refractivity contribution in [2.24, 2.45) is 5.92 Å². The summed E-state index contributed by atoms with van der Waals surface area (Å²) in [6.45, 7) is 4.21. The number of nitriles is 1. The second-order valence-corrected chi connectivity index (χ2v) is 7.92. The van der Waals surface area contributed by atoms with E-state index in [0.717, 1.165) is 35.3 Å². The Bertz CT molecular complexity index is 954. The molecule has 3 rings (SSSR count). The van der Waals surface area contributed by atoms with E-state index in [-0.39, 0.29) is 12.2 Å². The van der Waals surface area contributed by atoms with Gasteiger partial charge < -0.3 is 10.1 Å². The maximum atomic E-state index is 12.7. The zero-order valence-electron chi connectivity index (χ0n) is 16.0. The van der Waals surface area contributed by atoms with E-state index in [1.54, 1.807) is 6.92 Å². The highest BCUT2D eigenvalue weighted by atomic mass is 32.1. The predicted molar refractivity (Wildman–Crippen MR) is 110 cm³/mol. The van der Waals surface area contributed by atoms with E-state index in [9.17, 15) is 14.9 Å². The number of esters is 1. The van der Waals surface area contributed by atoms with E-state index in [4.69, 9.17) is 4.74 Å². The fourth-order valence-corrected chi connectivity index (χ4v) is 4.69. The molecule has 0 bridgehead atoms. The number of nitrogens with zero attached hydrogens (tertiary/aromatic N) is 1. The fourth-order valence-electron chi connectivity index (χ4n) is 3.29. The first-order valence-corrected chi connectivity index (χ1v) is 10.1. The molecule has 1 aliphatic rings. The molecule has 1 heterocycles. The van der Waals surface area contributed by atoms with Crippen LogP contribution in [0.3, 0.4) is 0 Å². The van der Waals surface area contributed by atoms with Gasteiger partial charge in [-0.2, -0.15) is 5.26 Å². The normalized spacial score (nSPS) is 16.0. The Morgan fingerprint density at radius 3 is 2.79 bits per heavy atom. The third-order valence-corrected chi connectivity index (χ3v) is 5.86. The third-order valence-electron chi connectivity index (χ3n) is 4.69. The van der Waals surface area contributed by atoms with Gasteiger partial charge in [0.2, 0.25) is 0 Å². The van der Waals surface area contributed by atoms with E-state index < -0.39 is 11.9 Å². The average Bonchev–Trinajstić information content (AvgIpc) is 3.03. The number of benzene rings is 1. The molecule has 0 fully saturated rings. The topological polar surface area (TPSA) is 79.2 Å². The molecular formula is C22H22N2O3S. The maximum Gasteiger partial charge on any atom is 0.341 e. The average molecular weight is 394 g/mol. The first-order chi connectivity index (χ1) is 13.5. The minimum absolute atomic E-state index is 0.0132. The van der Waals surface area contributed by atoms with Gasteiger partial charge in [0, 0.05) is 4.88 Å². The van der Waals surface area contributed by atoms with Crippen LogP contribution < -0.4 is 5.32 Å². The zero-order chi connectivity index (χ0) is 20.1. The number of thiophene rings is 1. The highest BCUT2D eigenvalue weighted by molar-refractivity contribution is 7.17. The fraction of sp³-hybridized carbons (Fsp3) is 0.318. The summed E-state index contributed by atoms with van der Waals surface area (Å²) in [6, 6.07) is 11.1. The zero-order valence-corrected chi connectivity index (χ0v) is 16.8. The van der Waals surface area contributed by atoms with Crippen molar-refractivity contribution in [1.29, 1.82) is 5.26 Å². The molecule has 28 heavy (non-hydrogen) atoms. The van der Waals surface area contributed by atoms with Crippen LogP contribution in [0.2, 0.25) is 0 Å². The summed E-state index contributed by atoms with van der Waals surface area (Å²) < 4.78 is 5.22. The monoisotopic (exact) mass is 394 g/mol. The number of nitrogens with one attached hydrogen (secondary N) is 1. The molecule has 0 aliphatic heterocycles. The summed E-state index contributed by atoms with van der Waals surface area (Å²) >= 11 is 1.41. The SMILES string of the molecule is CCOC(=O)c1c(NC(=O)C(C#N)=Cc2ccccc2)sc2c1CCC(C)C2. The lowest BCUT2D eigenvalue weighted by Gasteiger charge is -2.18. The van der Waals surface area contributed by atoms with Gasteiger partial charge in [-0.1, -0.05) is 37.3 Å². The summed E-state index contributed by atoms with van der Waals surface area (Å²) in [5, 5.41) is 12.7. The van der Waals surface area contributed by atoms with Crippen molar-refractivity contribution in [3.05, 3.63) is 57.5 Å². The van der Waals surface area contributed by atoms with Crippen molar-refractivity contribution >= 4 is 34.3 Å².